The van der Waals surface area contributed by atoms with Gasteiger partial charge in [-0.05, 0) is 38.7 Å². The van der Waals surface area contributed by atoms with Crippen molar-refractivity contribution < 1.29 is 31.8 Å². The van der Waals surface area contributed by atoms with Crippen molar-refractivity contribution in [3.05, 3.63) is 34.9 Å². The Morgan fingerprint density at radius 3 is 2.83 bits per heavy atom. The first-order chi connectivity index (χ1) is 17.0. The van der Waals surface area contributed by atoms with E-state index in [0.29, 0.717) is 24.1 Å². The number of ether oxygens (including phenoxy) is 2. The summed E-state index contributed by atoms with van der Waals surface area (Å²) in [5.74, 6) is -0.0938. The molecule has 0 saturated heterocycles. The number of hydrogen-bond acceptors (Lipinski definition) is 7. The van der Waals surface area contributed by atoms with Gasteiger partial charge in [-0.25, -0.2) is 18.7 Å². The lowest BCUT2D eigenvalue weighted by molar-refractivity contribution is -0.330. The number of amides is 1. The van der Waals surface area contributed by atoms with Gasteiger partial charge in [-0.15, -0.1) is 13.2 Å². The van der Waals surface area contributed by atoms with Crippen molar-refractivity contribution in [2.24, 2.45) is 0 Å². The zero-order chi connectivity index (χ0) is 25.7. The normalized spacial score (nSPS) is 23.1. The first-order valence-corrected chi connectivity index (χ1v) is 11.6. The minimum Gasteiger partial charge on any atom is -0.443 e. The molecule has 1 amide bonds. The Morgan fingerprint density at radius 1 is 1.33 bits per heavy atom. The van der Waals surface area contributed by atoms with E-state index < -0.39 is 37.3 Å². The SMILES string of the molecule is CC1(NC(=O)O[C@H]2CC[C@@H](c3cc(Nc4nc(Cl)cn5nc(COC(F)(F)F)cc45)n[nH]3)[C@H]2F)CC1. The molecule has 2 fully saturated rings. The molecule has 15 heteroatoms. The molecule has 0 aromatic carbocycles. The third-order valence-electron chi connectivity index (χ3n) is 6.27. The van der Waals surface area contributed by atoms with E-state index in [1.807, 2.05) is 6.92 Å². The summed E-state index contributed by atoms with van der Waals surface area (Å²) in [6.45, 7) is 1.12. The molecule has 3 N–H and O–H groups in total. The van der Waals surface area contributed by atoms with Crippen LogP contribution in [0.1, 0.15) is 49.9 Å². The molecule has 5 rings (SSSR count). The van der Waals surface area contributed by atoms with Gasteiger partial charge in [0.25, 0.3) is 0 Å². The van der Waals surface area contributed by atoms with Crippen molar-refractivity contribution in [3.63, 3.8) is 0 Å². The first-order valence-electron chi connectivity index (χ1n) is 11.2. The van der Waals surface area contributed by atoms with E-state index in [-0.39, 0.29) is 28.0 Å². The summed E-state index contributed by atoms with van der Waals surface area (Å²) in [6.07, 6.45) is -3.81. The highest BCUT2D eigenvalue weighted by Gasteiger charge is 2.43. The number of hydrogen-bond donors (Lipinski definition) is 3. The van der Waals surface area contributed by atoms with E-state index >= 15 is 4.39 Å². The Morgan fingerprint density at radius 2 is 2.11 bits per heavy atom. The van der Waals surface area contributed by atoms with Crippen molar-refractivity contribution >= 4 is 34.8 Å². The molecule has 0 radical (unpaired) electrons. The highest BCUT2D eigenvalue weighted by atomic mass is 35.5. The Hall–Kier alpha value is -3.13. The number of rotatable bonds is 7. The van der Waals surface area contributed by atoms with Gasteiger partial charge in [0.2, 0.25) is 0 Å². The highest BCUT2D eigenvalue weighted by molar-refractivity contribution is 6.29. The fraction of sp³-hybridized carbons (Fsp3) is 0.524. The van der Waals surface area contributed by atoms with E-state index in [0.717, 1.165) is 12.8 Å². The number of anilines is 2. The summed E-state index contributed by atoms with van der Waals surface area (Å²) in [5, 5.41) is 16.7. The number of alkyl carbamates (subject to hydrolysis) is 1. The lowest BCUT2D eigenvalue weighted by Gasteiger charge is -2.19. The number of carbonyl (C=O) groups is 1. The van der Waals surface area contributed by atoms with Crippen molar-refractivity contribution in [2.45, 2.75) is 69.3 Å². The van der Waals surface area contributed by atoms with Crippen LogP contribution in [0.3, 0.4) is 0 Å². The standard InChI is InChI=1S/C21H22ClF4N7O3/c1-20(4-5-20)29-19(34)36-14-3-2-11(17(14)23)12-7-16(31-30-12)28-18-13-6-10(9-35-21(24,25)26)32-33(13)8-15(22)27-18/h6-8,11,14,17H,2-5,9H2,1H3,(H,29,34)(H2,27,28,30,31)/t11-,14-,17+/m0/s1. The zero-order valence-corrected chi connectivity index (χ0v) is 19.7. The molecular weight excluding hydrogens is 510 g/mol. The Labute approximate surface area is 206 Å². The molecule has 194 valence electrons. The zero-order valence-electron chi connectivity index (χ0n) is 18.9. The molecule has 2 saturated carbocycles. The molecule has 3 aromatic rings. The van der Waals surface area contributed by atoms with Crippen LogP contribution in [0.4, 0.5) is 34.0 Å². The summed E-state index contributed by atoms with van der Waals surface area (Å²) in [7, 11) is 0. The predicted octanol–water partition coefficient (Wildman–Crippen LogP) is 4.75. The quantitative estimate of drug-likeness (QED) is 0.376. The van der Waals surface area contributed by atoms with Gasteiger partial charge in [-0.3, -0.25) is 9.84 Å². The van der Waals surface area contributed by atoms with Crippen molar-refractivity contribution in [2.75, 3.05) is 5.32 Å². The Balaban J connectivity index is 1.26. The smallest absolute Gasteiger partial charge is 0.443 e. The van der Waals surface area contributed by atoms with Crippen LogP contribution in [0.5, 0.6) is 0 Å². The van der Waals surface area contributed by atoms with Gasteiger partial charge in [-0.1, -0.05) is 11.6 Å². The van der Waals surface area contributed by atoms with Gasteiger partial charge in [0.1, 0.15) is 29.6 Å². The number of aromatic amines is 1. The van der Waals surface area contributed by atoms with E-state index in [4.69, 9.17) is 16.3 Å². The molecule has 2 aliphatic rings. The molecule has 3 heterocycles. The maximum absolute atomic E-state index is 15.1. The molecule has 2 aliphatic carbocycles. The number of fused-ring (bicyclic) bond motifs is 1. The maximum atomic E-state index is 15.1. The number of H-pyrrole nitrogens is 1. The minimum absolute atomic E-state index is 0.0131. The molecule has 0 aliphatic heterocycles. The minimum atomic E-state index is -4.80. The summed E-state index contributed by atoms with van der Waals surface area (Å²) in [5.41, 5.74) is 0.583. The third kappa shape index (κ3) is 5.48. The summed E-state index contributed by atoms with van der Waals surface area (Å²) in [6, 6.07) is 2.96. The van der Waals surface area contributed by atoms with Gasteiger partial charge in [0, 0.05) is 23.2 Å². The summed E-state index contributed by atoms with van der Waals surface area (Å²) < 4.78 is 62.6. The van der Waals surface area contributed by atoms with Gasteiger partial charge < -0.3 is 15.4 Å². The van der Waals surface area contributed by atoms with Crippen LogP contribution in [0, 0.1) is 0 Å². The second-order valence-corrected chi connectivity index (χ2v) is 9.59. The van der Waals surface area contributed by atoms with Crippen LogP contribution in [0.25, 0.3) is 5.52 Å². The molecule has 0 unspecified atom stereocenters. The highest BCUT2D eigenvalue weighted by Crippen LogP contribution is 2.39. The van der Waals surface area contributed by atoms with Crippen molar-refractivity contribution in [3.8, 4) is 0 Å². The monoisotopic (exact) mass is 531 g/mol. The number of aromatic nitrogens is 5. The first kappa shape index (κ1) is 24.6. The van der Waals surface area contributed by atoms with Crippen molar-refractivity contribution in [1.29, 1.82) is 0 Å². The lowest BCUT2D eigenvalue weighted by atomic mass is 10.0. The fourth-order valence-corrected chi connectivity index (χ4v) is 4.32. The molecule has 36 heavy (non-hydrogen) atoms. The summed E-state index contributed by atoms with van der Waals surface area (Å²) >= 11 is 6.03. The maximum Gasteiger partial charge on any atom is 0.522 e. The molecule has 3 aromatic heterocycles. The van der Waals surface area contributed by atoms with Crippen LogP contribution >= 0.6 is 11.6 Å². The van der Waals surface area contributed by atoms with Crippen LogP contribution in [0.2, 0.25) is 5.15 Å². The predicted molar refractivity (Wildman–Crippen MR) is 119 cm³/mol. The van der Waals surface area contributed by atoms with E-state index in [9.17, 15) is 18.0 Å². The molecule has 3 atom stereocenters. The van der Waals surface area contributed by atoms with E-state index in [2.05, 4.69) is 35.7 Å². The number of nitrogens with zero attached hydrogens (tertiary/aromatic N) is 4. The number of halogens is 5. The topological polar surface area (TPSA) is 118 Å². The second kappa shape index (κ2) is 9.07. The van der Waals surface area contributed by atoms with Crippen LogP contribution in [-0.2, 0) is 16.1 Å². The number of carbonyl (C=O) groups excluding carboxylic acids is 1. The third-order valence-corrected chi connectivity index (χ3v) is 6.45. The van der Waals surface area contributed by atoms with Gasteiger partial charge in [0.15, 0.2) is 11.6 Å². The van der Waals surface area contributed by atoms with E-state index in [1.165, 1.54) is 16.8 Å². The molecular formula is C21H22ClF4N7O3. The molecule has 0 spiro atoms. The average Bonchev–Trinajstić information content (AvgIpc) is 3.12. The number of alkyl halides is 4. The molecule has 10 nitrogen and oxygen atoms in total. The Bertz CT molecular complexity index is 1280. The van der Waals surface area contributed by atoms with Crippen LogP contribution in [0.15, 0.2) is 18.3 Å². The van der Waals surface area contributed by atoms with Gasteiger partial charge in [0.05, 0.1) is 11.9 Å². The lowest BCUT2D eigenvalue weighted by Crippen LogP contribution is -2.38. The van der Waals surface area contributed by atoms with Gasteiger partial charge in [-0.2, -0.15) is 10.2 Å². The fourth-order valence-electron chi connectivity index (χ4n) is 4.14. The average molecular weight is 532 g/mol. The molecule has 0 bridgehead atoms. The van der Waals surface area contributed by atoms with Gasteiger partial charge >= 0.3 is 12.5 Å². The number of nitrogens with one attached hydrogen (secondary N) is 3. The Kier molecular flexibility index (Phi) is 6.19. The van der Waals surface area contributed by atoms with Crippen molar-refractivity contribution in [1.82, 2.24) is 30.1 Å². The van der Waals surface area contributed by atoms with E-state index in [1.54, 1.807) is 6.07 Å². The summed E-state index contributed by atoms with van der Waals surface area (Å²) in [4.78, 5) is 16.2. The van der Waals surface area contributed by atoms with Crippen LogP contribution < -0.4 is 10.6 Å². The van der Waals surface area contributed by atoms with Crippen LogP contribution in [-0.4, -0.2) is 55.1 Å². The second-order valence-electron chi connectivity index (χ2n) is 9.20. The largest absolute Gasteiger partial charge is 0.522 e.